The van der Waals surface area contributed by atoms with Crippen LogP contribution in [0.3, 0.4) is 0 Å². The van der Waals surface area contributed by atoms with Gasteiger partial charge in [0.15, 0.2) is 0 Å². The summed E-state index contributed by atoms with van der Waals surface area (Å²) in [4.78, 5) is 0. The van der Waals surface area contributed by atoms with Crippen molar-refractivity contribution in [2.45, 2.75) is 64.0 Å². The van der Waals surface area contributed by atoms with E-state index in [1.807, 2.05) is 0 Å². The fraction of sp³-hybridized carbons (Fsp3) is 1.00. The fourth-order valence-electron chi connectivity index (χ4n) is 3.14. The Kier molecular flexibility index (Phi) is 4.45. The Balaban J connectivity index is 2.04. The molecule has 0 amide bonds. The van der Waals surface area contributed by atoms with Gasteiger partial charge in [-0.25, -0.2) is 0 Å². The SMILES string of the molecule is CCO[Si](CC1CC1)(OCC)C1CCCC1. The molecule has 0 radical (unpaired) electrons. The molecule has 0 atom stereocenters. The van der Waals surface area contributed by atoms with Crippen LogP contribution in [-0.2, 0) is 8.85 Å². The van der Waals surface area contributed by atoms with Crippen molar-refractivity contribution >= 4 is 8.56 Å². The summed E-state index contributed by atoms with van der Waals surface area (Å²) in [6.45, 7) is 5.94. The lowest BCUT2D eigenvalue weighted by Crippen LogP contribution is -2.46. The van der Waals surface area contributed by atoms with Crippen molar-refractivity contribution in [3.05, 3.63) is 0 Å². The van der Waals surface area contributed by atoms with Crippen LogP contribution in [0.25, 0.3) is 0 Å². The van der Waals surface area contributed by atoms with Crippen LogP contribution in [0, 0.1) is 5.92 Å². The van der Waals surface area contributed by atoms with Crippen LogP contribution in [0.2, 0.25) is 11.6 Å². The van der Waals surface area contributed by atoms with E-state index in [1.54, 1.807) is 0 Å². The third-order valence-corrected chi connectivity index (χ3v) is 8.55. The van der Waals surface area contributed by atoms with E-state index in [0.717, 1.165) is 24.7 Å². The quantitative estimate of drug-likeness (QED) is 0.631. The molecule has 0 saturated heterocycles. The Morgan fingerprint density at radius 3 is 1.94 bits per heavy atom. The lowest BCUT2D eigenvalue weighted by molar-refractivity contribution is 0.170. The van der Waals surface area contributed by atoms with Crippen molar-refractivity contribution in [3.8, 4) is 0 Å². The third-order valence-electron chi connectivity index (χ3n) is 4.02. The predicted octanol–water partition coefficient (Wildman–Crippen LogP) is 3.86. The molecule has 2 aliphatic rings. The first-order chi connectivity index (χ1) is 7.80. The highest BCUT2D eigenvalue weighted by atomic mass is 28.4. The van der Waals surface area contributed by atoms with Crippen molar-refractivity contribution in [3.63, 3.8) is 0 Å². The molecule has 0 aliphatic heterocycles. The number of hydrogen-bond acceptors (Lipinski definition) is 2. The smallest absolute Gasteiger partial charge is 0.341 e. The van der Waals surface area contributed by atoms with Crippen LogP contribution in [0.5, 0.6) is 0 Å². The second-order valence-electron chi connectivity index (χ2n) is 5.31. The van der Waals surface area contributed by atoms with Crippen molar-refractivity contribution in [1.29, 1.82) is 0 Å². The Morgan fingerprint density at radius 1 is 0.938 bits per heavy atom. The summed E-state index contributed by atoms with van der Waals surface area (Å²) in [6, 6.07) is 1.28. The van der Waals surface area contributed by atoms with E-state index in [2.05, 4.69) is 13.8 Å². The molecule has 2 aliphatic carbocycles. The van der Waals surface area contributed by atoms with Crippen molar-refractivity contribution in [1.82, 2.24) is 0 Å². The molecule has 2 nitrogen and oxygen atoms in total. The average Bonchev–Trinajstić information content (AvgIpc) is 2.90. The van der Waals surface area contributed by atoms with Crippen LogP contribution in [-0.4, -0.2) is 21.8 Å². The van der Waals surface area contributed by atoms with Gasteiger partial charge in [0.25, 0.3) is 0 Å². The molecular weight excluding hydrogens is 216 g/mol. The third kappa shape index (κ3) is 2.87. The molecule has 2 fully saturated rings. The van der Waals surface area contributed by atoms with E-state index in [9.17, 15) is 0 Å². The van der Waals surface area contributed by atoms with Gasteiger partial charge in [-0.3, -0.25) is 0 Å². The van der Waals surface area contributed by atoms with Gasteiger partial charge in [0.1, 0.15) is 0 Å². The predicted molar refractivity (Wildman–Crippen MR) is 68.8 cm³/mol. The van der Waals surface area contributed by atoms with Gasteiger partial charge in [-0.1, -0.05) is 25.7 Å². The minimum absolute atomic E-state index is 0.785. The molecule has 0 spiro atoms. The molecule has 0 aromatic carbocycles. The molecule has 0 heterocycles. The Labute approximate surface area is 101 Å². The molecule has 2 saturated carbocycles. The molecule has 3 heteroatoms. The first-order valence-electron chi connectivity index (χ1n) is 7.08. The highest BCUT2D eigenvalue weighted by molar-refractivity contribution is 6.69. The minimum Gasteiger partial charge on any atom is -0.394 e. The number of hydrogen-bond donors (Lipinski definition) is 0. The monoisotopic (exact) mass is 242 g/mol. The van der Waals surface area contributed by atoms with Gasteiger partial charge in [0.2, 0.25) is 0 Å². The second kappa shape index (κ2) is 5.65. The average molecular weight is 242 g/mol. The van der Waals surface area contributed by atoms with E-state index in [-0.39, 0.29) is 0 Å². The Hall–Kier alpha value is 0.137. The summed E-state index contributed by atoms with van der Waals surface area (Å²) < 4.78 is 12.4. The van der Waals surface area contributed by atoms with Gasteiger partial charge in [-0.15, -0.1) is 0 Å². The zero-order chi connectivity index (χ0) is 11.4. The molecule has 0 bridgehead atoms. The first kappa shape index (κ1) is 12.6. The highest BCUT2D eigenvalue weighted by Crippen LogP contribution is 2.47. The van der Waals surface area contributed by atoms with Crippen LogP contribution in [0.4, 0.5) is 0 Å². The summed E-state index contributed by atoms with van der Waals surface area (Å²) in [5.74, 6) is 0.936. The summed E-state index contributed by atoms with van der Waals surface area (Å²) in [7, 11) is -1.86. The molecular formula is C13H26O2Si. The number of rotatable bonds is 7. The molecule has 2 rings (SSSR count). The maximum atomic E-state index is 6.22. The van der Waals surface area contributed by atoms with Crippen molar-refractivity contribution < 1.29 is 8.85 Å². The van der Waals surface area contributed by atoms with Gasteiger partial charge in [-0.05, 0) is 38.7 Å². The molecule has 94 valence electrons. The zero-order valence-electron chi connectivity index (χ0n) is 10.8. The Bertz CT molecular complexity index is 204. The van der Waals surface area contributed by atoms with Crippen LogP contribution < -0.4 is 0 Å². The van der Waals surface area contributed by atoms with Gasteiger partial charge in [0, 0.05) is 18.8 Å². The van der Waals surface area contributed by atoms with Crippen molar-refractivity contribution in [2.75, 3.05) is 13.2 Å². The standard InChI is InChI=1S/C13H26O2Si/c1-3-14-16(15-4-2,11-12-9-10-12)13-7-5-6-8-13/h12-13H,3-11H2,1-2H3. The molecule has 0 unspecified atom stereocenters. The lowest BCUT2D eigenvalue weighted by Gasteiger charge is -2.35. The largest absolute Gasteiger partial charge is 0.394 e. The van der Waals surface area contributed by atoms with Gasteiger partial charge in [-0.2, -0.15) is 0 Å². The lowest BCUT2D eigenvalue weighted by atomic mass is 10.4. The summed E-state index contributed by atoms with van der Waals surface area (Å²) in [5.41, 5.74) is 0.785. The minimum atomic E-state index is -1.86. The summed E-state index contributed by atoms with van der Waals surface area (Å²) in [5, 5.41) is 0. The van der Waals surface area contributed by atoms with E-state index >= 15 is 0 Å². The maximum absolute atomic E-state index is 6.22. The molecule has 0 N–H and O–H groups in total. The highest BCUT2D eigenvalue weighted by Gasteiger charge is 2.49. The maximum Gasteiger partial charge on any atom is 0.341 e. The van der Waals surface area contributed by atoms with Gasteiger partial charge < -0.3 is 8.85 Å². The van der Waals surface area contributed by atoms with Gasteiger partial charge in [0.05, 0.1) is 0 Å². The topological polar surface area (TPSA) is 18.5 Å². The molecule has 0 aromatic heterocycles. The molecule has 16 heavy (non-hydrogen) atoms. The summed E-state index contributed by atoms with van der Waals surface area (Å²) in [6.07, 6.45) is 8.34. The van der Waals surface area contributed by atoms with Crippen LogP contribution >= 0.6 is 0 Å². The van der Waals surface area contributed by atoms with E-state index in [1.165, 1.54) is 44.6 Å². The van der Waals surface area contributed by atoms with Crippen LogP contribution in [0.1, 0.15) is 52.4 Å². The zero-order valence-corrected chi connectivity index (χ0v) is 11.8. The van der Waals surface area contributed by atoms with Gasteiger partial charge >= 0.3 is 8.56 Å². The van der Waals surface area contributed by atoms with E-state index < -0.39 is 8.56 Å². The second-order valence-corrected chi connectivity index (χ2v) is 8.73. The Morgan fingerprint density at radius 2 is 1.50 bits per heavy atom. The fourth-order valence-corrected chi connectivity index (χ4v) is 7.74. The summed E-state index contributed by atoms with van der Waals surface area (Å²) >= 11 is 0. The van der Waals surface area contributed by atoms with E-state index in [0.29, 0.717) is 0 Å². The normalized spacial score (nSPS) is 22.9. The van der Waals surface area contributed by atoms with Crippen molar-refractivity contribution in [2.24, 2.45) is 5.92 Å². The van der Waals surface area contributed by atoms with Crippen LogP contribution in [0.15, 0.2) is 0 Å². The molecule has 0 aromatic rings. The first-order valence-corrected chi connectivity index (χ1v) is 9.18. The van der Waals surface area contributed by atoms with E-state index in [4.69, 9.17) is 8.85 Å².